The summed E-state index contributed by atoms with van der Waals surface area (Å²) >= 11 is 3.38. The topological polar surface area (TPSA) is 46.5 Å². The summed E-state index contributed by atoms with van der Waals surface area (Å²) in [5, 5.41) is 9.19. The lowest BCUT2D eigenvalue weighted by Crippen LogP contribution is -1.93. The van der Waals surface area contributed by atoms with Crippen molar-refractivity contribution in [2.24, 2.45) is 0 Å². The highest BCUT2D eigenvalue weighted by Gasteiger charge is 2.04. The molecule has 0 fully saturated rings. The summed E-state index contributed by atoms with van der Waals surface area (Å²) in [6, 6.07) is 11.7. The average Bonchev–Trinajstić information content (AvgIpc) is 2.45. The average molecular weight is 333 g/mol. The number of benzene rings is 2. The molecule has 3 nitrogen and oxygen atoms in total. The number of ether oxygens (including phenoxy) is 1. The van der Waals surface area contributed by atoms with Crippen LogP contribution < -0.4 is 4.74 Å². The molecular formula is C16H13BrO3. The van der Waals surface area contributed by atoms with Gasteiger partial charge < -0.3 is 9.84 Å². The molecule has 0 saturated carbocycles. The molecule has 0 aromatic heterocycles. The van der Waals surface area contributed by atoms with E-state index in [2.05, 4.69) is 15.9 Å². The maximum absolute atomic E-state index is 12.0. The van der Waals surface area contributed by atoms with Gasteiger partial charge in [0.1, 0.15) is 11.5 Å². The molecule has 0 heterocycles. The van der Waals surface area contributed by atoms with Crippen molar-refractivity contribution in [2.75, 3.05) is 7.11 Å². The molecule has 0 radical (unpaired) electrons. The molecule has 0 saturated heterocycles. The summed E-state index contributed by atoms with van der Waals surface area (Å²) in [5.41, 5.74) is 1.34. The first-order valence-electron chi connectivity index (χ1n) is 5.95. The zero-order valence-electron chi connectivity index (χ0n) is 10.8. The van der Waals surface area contributed by atoms with Crippen LogP contribution in [0.4, 0.5) is 0 Å². The summed E-state index contributed by atoms with van der Waals surface area (Å²) in [6.45, 7) is 0. The number of hydrogen-bond donors (Lipinski definition) is 1. The normalized spacial score (nSPS) is 10.7. The van der Waals surface area contributed by atoms with Crippen LogP contribution in [0.25, 0.3) is 6.08 Å². The van der Waals surface area contributed by atoms with Gasteiger partial charge in [0.15, 0.2) is 5.78 Å². The number of aromatic hydroxyl groups is 1. The molecule has 0 aliphatic rings. The number of allylic oxidation sites excluding steroid dienone is 1. The van der Waals surface area contributed by atoms with E-state index in [1.54, 1.807) is 25.3 Å². The fraction of sp³-hybridized carbons (Fsp3) is 0.0625. The van der Waals surface area contributed by atoms with Crippen molar-refractivity contribution in [2.45, 2.75) is 0 Å². The van der Waals surface area contributed by atoms with Crippen LogP contribution >= 0.6 is 15.9 Å². The van der Waals surface area contributed by atoms with Crippen molar-refractivity contribution in [1.29, 1.82) is 0 Å². The second-order valence-electron chi connectivity index (χ2n) is 4.13. The Labute approximate surface area is 125 Å². The molecule has 102 valence electrons. The van der Waals surface area contributed by atoms with Gasteiger partial charge in [0.05, 0.1) is 7.11 Å². The van der Waals surface area contributed by atoms with Crippen molar-refractivity contribution in [3.63, 3.8) is 0 Å². The van der Waals surface area contributed by atoms with Crippen LogP contribution in [0, 0.1) is 0 Å². The van der Waals surface area contributed by atoms with E-state index in [4.69, 9.17) is 4.74 Å². The summed E-state index contributed by atoms with van der Waals surface area (Å²) < 4.78 is 6.15. The van der Waals surface area contributed by atoms with Gasteiger partial charge in [-0.05, 0) is 54.6 Å². The Morgan fingerprint density at radius 3 is 2.55 bits per heavy atom. The second kappa shape index (κ2) is 6.39. The lowest BCUT2D eigenvalue weighted by Gasteiger charge is -2.04. The van der Waals surface area contributed by atoms with E-state index < -0.39 is 0 Å². The molecule has 4 heteroatoms. The zero-order valence-corrected chi connectivity index (χ0v) is 12.4. The molecule has 20 heavy (non-hydrogen) atoms. The van der Waals surface area contributed by atoms with Crippen molar-refractivity contribution in [1.82, 2.24) is 0 Å². The summed E-state index contributed by atoms with van der Waals surface area (Å²) in [6.07, 6.45) is 3.19. The Kier molecular flexibility index (Phi) is 4.58. The molecule has 0 bridgehead atoms. The molecule has 0 spiro atoms. The first-order chi connectivity index (χ1) is 9.60. The fourth-order valence-corrected chi connectivity index (χ4v) is 2.10. The number of carbonyl (C=O) groups excluding carboxylic acids is 1. The molecule has 0 amide bonds. The lowest BCUT2D eigenvalue weighted by atomic mass is 10.1. The summed E-state index contributed by atoms with van der Waals surface area (Å²) in [7, 11) is 1.59. The third-order valence-corrected chi connectivity index (χ3v) is 3.25. The van der Waals surface area contributed by atoms with Gasteiger partial charge in [0.2, 0.25) is 0 Å². The van der Waals surface area contributed by atoms with E-state index >= 15 is 0 Å². The van der Waals surface area contributed by atoms with E-state index in [-0.39, 0.29) is 11.5 Å². The first-order valence-corrected chi connectivity index (χ1v) is 6.74. The van der Waals surface area contributed by atoms with Crippen LogP contribution in [-0.4, -0.2) is 18.0 Å². The standard InChI is InChI=1S/C16H13BrO3/c1-20-16-9-5-13(17)10-12(16)4-8-15(19)11-2-6-14(18)7-3-11/h2-10,18H,1H3. The quantitative estimate of drug-likeness (QED) is 0.678. The number of halogens is 1. The van der Waals surface area contributed by atoms with Crippen LogP contribution in [0.15, 0.2) is 53.0 Å². The van der Waals surface area contributed by atoms with Gasteiger partial charge in [-0.15, -0.1) is 0 Å². The molecular weight excluding hydrogens is 320 g/mol. The van der Waals surface area contributed by atoms with Gasteiger partial charge in [0.25, 0.3) is 0 Å². The Hall–Kier alpha value is -2.07. The van der Waals surface area contributed by atoms with E-state index in [1.165, 1.54) is 18.2 Å². The molecule has 1 N–H and O–H groups in total. The Bertz CT molecular complexity index is 645. The smallest absolute Gasteiger partial charge is 0.185 e. The van der Waals surface area contributed by atoms with Crippen LogP contribution in [0.1, 0.15) is 15.9 Å². The van der Waals surface area contributed by atoms with Crippen molar-refractivity contribution in [3.05, 3.63) is 64.1 Å². The number of phenolic OH excluding ortho intramolecular Hbond substituents is 1. The predicted octanol–water partition coefficient (Wildman–Crippen LogP) is 4.06. The monoisotopic (exact) mass is 332 g/mol. The largest absolute Gasteiger partial charge is 0.508 e. The number of ketones is 1. The second-order valence-corrected chi connectivity index (χ2v) is 5.05. The van der Waals surface area contributed by atoms with Gasteiger partial charge >= 0.3 is 0 Å². The number of methoxy groups -OCH3 is 1. The predicted molar refractivity (Wildman–Crippen MR) is 82.2 cm³/mol. The minimum atomic E-state index is -0.132. The Morgan fingerprint density at radius 2 is 1.90 bits per heavy atom. The number of phenols is 1. The lowest BCUT2D eigenvalue weighted by molar-refractivity contribution is 0.104. The van der Waals surface area contributed by atoms with E-state index in [1.807, 2.05) is 18.2 Å². The Morgan fingerprint density at radius 1 is 1.20 bits per heavy atom. The van der Waals surface area contributed by atoms with Gasteiger partial charge in [-0.25, -0.2) is 0 Å². The van der Waals surface area contributed by atoms with E-state index in [0.29, 0.717) is 11.3 Å². The van der Waals surface area contributed by atoms with Gasteiger partial charge in [-0.3, -0.25) is 4.79 Å². The molecule has 2 rings (SSSR count). The Balaban J connectivity index is 2.22. The highest BCUT2D eigenvalue weighted by molar-refractivity contribution is 9.10. The van der Waals surface area contributed by atoms with E-state index in [0.717, 1.165) is 10.0 Å². The molecule has 2 aromatic rings. The van der Waals surface area contributed by atoms with Crippen LogP contribution in [0.3, 0.4) is 0 Å². The highest BCUT2D eigenvalue weighted by atomic mass is 79.9. The molecule has 0 aliphatic carbocycles. The highest BCUT2D eigenvalue weighted by Crippen LogP contribution is 2.24. The summed E-state index contributed by atoms with van der Waals surface area (Å²) in [5.74, 6) is 0.703. The number of hydrogen-bond acceptors (Lipinski definition) is 3. The van der Waals surface area contributed by atoms with Gasteiger partial charge in [-0.1, -0.05) is 15.9 Å². The van der Waals surface area contributed by atoms with Crippen LogP contribution in [0.5, 0.6) is 11.5 Å². The third-order valence-electron chi connectivity index (χ3n) is 2.76. The maximum Gasteiger partial charge on any atom is 0.185 e. The first kappa shape index (κ1) is 14.3. The maximum atomic E-state index is 12.0. The minimum Gasteiger partial charge on any atom is -0.508 e. The summed E-state index contributed by atoms with van der Waals surface area (Å²) in [4.78, 5) is 12.0. The van der Waals surface area contributed by atoms with Crippen molar-refractivity contribution < 1.29 is 14.6 Å². The molecule has 2 aromatic carbocycles. The van der Waals surface area contributed by atoms with Crippen molar-refractivity contribution >= 4 is 27.8 Å². The third kappa shape index (κ3) is 3.48. The van der Waals surface area contributed by atoms with Crippen LogP contribution in [0.2, 0.25) is 0 Å². The number of carbonyl (C=O) groups is 1. The molecule has 0 aliphatic heterocycles. The van der Waals surface area contributed by atoms with Crippen LogP contribution in [-0.2, 0) is 0 Å². The van der Waals surface area contributed by atoms with Gasteiger partial charge in [-0.2, -0.15) is 0 Å². The van der Waals surface area contributed by atoms with E-state index in [9.17, 15) is 9.90 Å². The zero-order chi connectivity index (χ0) is 14.5. The fourth-order valence-electron chi connectivity index (χ4n) is 1.72. The molecule has 0 atom stereocenters. The number of rotatable bonds is 4. The van der Waals surface area contributed by atoms with Crippen molar-refractivity contribution in [3.8, 4) is 11.5 Å². The minimum absolute atomic E-state index is 0.132. The van der Waals surface area contributed by atoms with Gasteiger partial charge in [0, 0.05) is 15.6 Å². The molecule has 0 unspecified atom stereocenters. The SMILES string of the molecule is COc1ccc(Br)cc1C=CC(=O)c1ccc(O)cc1.